The molecule has 0 amide bonds. The number of hydrogen-bond acceptors (Lipinski definition) is 5. The van der Waals surface area contributed by atoms with Crippen LogP contribution in [0.3, 0.4) is 0 Å². The lowest BCUT2D eigenvalue weighted by atomic mass is 10.1. The predicted molar refractivity (Wildman–Crippen MR) is 107 cm³/mol. The van der Waals surface area contributed by atoms with Gasteiger partial charge >= 0.3 is 0 Å². The topological polar surface area (TPSA) is 81.0 Å². The Kier molecular flexibility index (Phi) is 6.97. The average Bonchev–Trinajstić information content (AvgIpc) is 2.61. The second-order valence-electron chi connectivity index (χ2n) is 6.36. The summed E-state index contributed by atoms with van der Waals surface area (Å²) < 4.78 is 0. The third kappa shape index (κ3) is 6.84. The number of rotatable bonds is 7. The third-order valence-electron chi connectivity index (χ3n) is 3.66. The van der Waals surface area contributed by atoms with Crippen LogP contribution in [0.15, 0.2) is 66.5 Å². The Balaban J connectivity index is 2.03. The van der Waals surface area contributed by atoms with Gasteiger partial charge in [0.05, 0.1) is 0 Å². The number of aromatic hydroxyl groups is 2. The maximum Gasteiger partial charge on any atom is 0.182 e. The molecule has 0 radical (unpaired) electrons. The molecule has 140 valence electrons. The zero-order valence-corrected chi connectivity index (χ0v) is 15.3. The zero-order valence-electron chi connectivity index (χ0n) is 15.3. The molecule has 0 bridgehead atoms. The number of aliphatic hydroxyl groups is 1. The van der Waals surface area contributed by atoms with Crippen molar-refractivity contribution in [3.05, 3.63) is 83.1 Å². The van der Waals surface area contributed by atoms with E-state index in [2.05, 4.69) is 0 Å². The molecule has 5 nitrogen and oxygen atoms in total. The minimum absolute atomic E-state index is 0.157. The number of benzene rings is 2. The molecule has 0 spiro atoms. The second-order valence-corrected chi connectivity index (χ2v) is 6.36. The summed E-state index contributed by atoms with van der Waals surface area (Å²) in [6, 6.07) is 11.6. The molecular weight excluding hydrogens is 342 g/mol. The molecule has 2 aromatic carbocycles. The van der Waals surface area contributed by atoms with Gasteiger partial charge in [-0.15, -0.1) is 0 Å². The molecule has 0 saturated carbocycles. The minimum Gasteiger partial charge on any atom is -0.508 e. The van der Waals surface area contributed by atoms with E-state index in [-0.39, 0.29) is 23.0 Å². The summed E-state index contributed by atoms with van der Waals surface area (Å²) in [4.78, 5) is 13.8. The summed E-state index contributed by atoms with van der Waals surface area (Å²) in [6.45, 7) is 0.593. The van der Waals surface area contributed by atoms with Crippen molar-refractivity contribution >= 4 is 17.9 Å². The summed E-state index contributed by atoms with van der Waals surface area (Å²) in [6.07, 6.45) is 7.16. The van der Waals surface area contributed by atoms with E-state index in [1.165, 1.54) is 24.3 Å². The smallest absolute Gasteiger partial charge is 0.182 e. The number of carbonyl (C=O) groups excluding carboxylic acids is 1. The Bertz CT molecular complexity index is 878. The van der Waals surface area contributed by atoms with E-state index in [1.807, 2.05) is 25.1 Å². The van der Waals surface area contributed by atoms with Crippen LogP contribution in [0, 0.1) is 0 Å². The number of hydrogen-bond donors (Lipinski definition) is 3. The number of nitrogens with zero attached hydrogens (tertiary/aromatic N) is 1. The Morgan fingerprint density at radius 3 is 2.26 bits per heavy atom. The highest BCUT2D eigenvalue weighted by molar-refractivity contribution is 6.02. The number of carbonyl (C=O) groups is 1. The number of aliphatic hydroxyl groups excluding tert-OH is 1. The summed E-state index contributed by atoms with van der Waals surface area (Å²) >= 11 is 0. The number of allylic oxidation sites excluding steroid dienone is 3. The Labute approximate surface area is 158 Å². The van der Waals surface area contributed by atoms with Crippen LogP contribution in [-0.4, -0.2) is 40.1 Å². The van der Waals surface area contributed by atoms with Gasteiger partial charge in [0.1, 0.15) is 17.3 Å². The highest BCUT2D eigenvalue weighted by atomic mass is 16.3. The van der Waals surface area contributed by atoms with Crippen LogP contribution in [0.5, 0.6) is 11.5 Å². The zero-order chi connectivity index (χ0) is 19.8. The van der Waals surface area contributed by atoms with Crippen molar-refractivity contribution in [2.75, 3.05) is 14.1 Å². The third-order valence-corrected chi connectivity index (χ3v) is 3.66. The van der Waals surface area contributed by atoms with Crippen molar-refractivity contribution in [2.45, 2.75) is 6.54 Å². The molecule has 2 rings (SSSR count). The number of phenols is 2. The highest BCUT2D eigenvalue weighted by Gasteiger charge is 2.03. The normalized spacial score (nSPS) is 12.3. The van der Waals surface area contributed by atoms with Crippen LogP contribution in [0.25, 0.3) is 12.2 Å². The van der Waals surface area contributed by atoms with Gasteiger partial charge in [0.15, 0.2) is 5.78 Å². The Morgan fingerprint density at radius 2 is 1.59 bits per heavy atom. The van der Waals surface area contributed by atoms with E-state index >= 15 is 0 Å². The molecule has 0 aliphatic rings. The van der Waals surface area contributed by atoms with Crippen molar-refractivity contribution in [1.82, 2.24) is 4.90 Å². The molecule has 0 aliphatic heterocycles. The van der Waals surface area contributed by atoms with Crippen molar-refractivity contribution < 1.29 is 20.1 Å². The van der Waals surface area contributed by atoms with E-state index < -0.39 is 0 Å². The maximum absolute atomic E-state index is 11.9. The molecule has 0 aliphatic carbocycles. The van der Waals surface area contributed by atoms with Gasteiger partial charge in [0, 0.05) is 18.2 Å². The first-order chi connectivity index (χ1) is 12.8. The fourth-order valence-electron chi connectivity index (χ4n) is 2.36. The lowest BCUT2D eigenvalue weighted by molar-refractivity contribution is -0.110. The van der Waals surface area contributed by atoms with E-state index in [0.29, 0.717) is 6.54 Å². The molecule has 0 saturated heterocycles. The van der Waals surface area contributed by atoms with Crippen LogP contribution < -0.4 is 0 Å². The quantitative estimate of drug-likeness (QED) is 0.394. The first-order valence-corrected chi connectivity index (χ1v) is 8.40. The van der Waals surface area contributed by atoms with Gasteiger partial charge in [-0.05, 0) is 61.6 Å². The molecule has 0 heterocycles. The van der Waals surface area contributed by atoms with Gasteiger partial charge in [-0.3, -0.25) is 4.79 Å². The predicted octanol–water partition coefficient (Wildman–Crippen LogP) is 3.90. The molecule has 5 heteroatoms. The summed E-state index contributed by atoms with van der Waals surface area (Å²) in [7, 11) is 3.82. The van der Waals surface area contributed by atoms with E-state index in [9.17, 15) is 20.1 Å². The molecule has 3 N–H and O–H groups in total. The molecule has 0 unspecified atom stereocenters. The molecular formula is C22H23NO4. The maximum atomic E-state index is 11.9. The number of ketones is 1. The lowest BCUT2D eigenvalue weighted by Gasteiger charge is -2.11. The molecule has 0 atom stereocenters. The first kappa shape index (κ1) is 20.0. The lowest BCUT2D eigenvalue weighted by Crippen LogP contribution is -2.10. The van der Waals surface area contributed by atoms with E-state index in [1.54, 1.807) is 36.4 Å². The van der Waals surface area contributed by atoms with Crippen LogP contribution in [0.2, 0.25) is 0 Å². The van der Waals surface area contributed by atoms with Crippen LogP contribution in [0.4, 0.5) is 0 Å². The van der Waals surface area contributed by atoms with Gasteiger partial charge < -0.3 is 20.2 Å². The highest BCUT2D eigenvalue weighted by Crippen LogP contribution is 2.20. The second kappa shape index (κ2) is 9.40. The van der Waals surface area contributed by atoms with E-state index in [4.69, 9.17) is 0 Å². The molecule has 0 fully saturated rings. The van der Waals surface area contributed by atoms with Gasteiger partial charge in [0.25, 0.3) is 0 Å². The Hall–Kier alpha value is -3.31. The Morgan fingerprint density at radius 1 is 0.963 bits per heavy atom. The average molecular weight is 365 g/mol. The summed E-state index contributed by atoms with van der Waals surface area (Å²) in [5.41, 5.74) is 2.34. The van der Waals surface area contributed by atoms with Gasteiger partial charge in [0.2, 0.25) is 0 Å². The van der Waals surface area contributed by atoms with Crippen molar-refractivity contribution in [3.63, 3.8) is 0 Å². The van der Waals surface area contributed by atoms with Crippen LogP contribution in [-0.2, 0) is 11.3 Å². The molecule has 0 aromatic heterocycles. The summed E-state index contributed by atoms with van der Waals surface area (Å²) in [5.74, 6) is -0.152. The monoisotopic (exact) mass is 365 g/mol. The van der Waals surface area contributed by atoms with Crippen molar-refractivity contribution in [2.24, 2.45) is 0 Å². The first-order valence-electron chi connectivity index (χ1n) is 8.40. The van der Waals surface area contributed by atoms with Crippen LogP contribution in [0.1, 0.15) is 16.7 Å². The minimum atomic E-state index is -0.357. The van der Waals surface area contributed by atoms with Crippen LogP contribution >= 0.6 is 0 Å². The van der Waals surface area contributed by atoms with Crippen molar-refractivity contribution in [3.8, 4) is 11.5 Å². The fraction of sp³-hybridized carbons (Fsp3) is 0.136. The fourth-order valence-corrected chi connectivity index (χ4v) is 2.36. The molecule has 27 heavy (non-hydrogen) atoms. The van der Waals surface area contributed by atoms with Gasteiger partial charge in [-0.25, -0.2) is 0 Å². The van der Waals surface area contributed by atoms with E-state index in [0.717, 1.165) is 22.8 Å². The standard InChI is InChI=1S/C22H23NO4/c1-23(2)15-18-13-17(7-12-22(18)27)6-11-21(26)14-20(25)10-5-16-3-8-19(24)9-4-16/h3-14,24,26-27H,15H2,1-2H3/b10-5+,11-6+,21-14?. The van der Waals surface area contributed by atoms with Gasteiger partial charge in [-0.1, -0.05) is 30.4 Å². The summed E-state index contributed by atoms with van der Waals surface area (Å²) in [5, 5.41) is 29.0. The molecule has 2 aromatic rings. The number of phenolic OH excluding ortho intramolecular Hbond substituents is 2. The van der Waals surface area contributed by atoms with Gasteiger partial charge in [-0.2, -0.15) is 0 Å². The SMILES string of the molecule is CN(C)Cc1cc(/C=C/C(O)=CC(=O)/C=C/c2ccc(O)cc2)ccc1O. The van der Waals surface area contributed by atoms with Crippen molar-refractivity contribution in [1.29, 1.82) is 0 Å². The largest absolute Gasteiger partial charge is 0.508 e.